The second-order valence-electron chi connectivity index (χ2n) is 6.77. The summed E-state index contributed by atoms with van der Waals surface area (Å²) in [5, 5.41) is 19.1. The molecule has 0 saturated carbocycles. The molecule has 0 aromatic heterocycles. The molecule has 1 heterocycles. The minimum Gasteiger partial charge on any atom is -0.507 e. The quantitative estimate of drug-likeness (QED) is 0.287. The van der Waals surface area contributed by atoms with Gasteiger partial charge in [0.2, 0.25) is 0 Å². The van der Waals surface area contributed by atoms with Crippen molar-refractivity contribution in [2.75, 3.05) is 19.8 Å². The Bertz CT molecular complexity index is 800. The van der Waals surface area contributed by atoms with E-state index in [0.717, 1.165) is 19.3 Å². The van der Waals surface area contributed by atoms with Gasteiger partial charge < -0.3 is 19.8 Å². The van der Waals surface area contributed by atoms with Gasteiger partial charge >= 0.3 is 0 Å². The molecule has 1 atom stereocenters. The van der Waals surface area contributed by atoms with Crippen LogP contribution in [0.25, 0.3) is 0 Å². The summed E-state index contributed by atoms with van der Waals surface area (Å²) in [6.07, 6.45) is 7.00. The Hall–Kier alpha value is -2.93. The number of phenols is 1. The first-order valence-corrected chi connectivity index (χ1v) is 9.71. The number of benzene rings is 1. The van der Waals surface area contributed by atoms with Crippen LogP contribution in [0.3, 0.4) is 0 Å². The van der Waals surface area contributed by atoms with Crippen LogP contribution >= 0.6 is 0 Å². The SMILES string of the molecule is C=N/C(C(=O)N1CCCC[C@H]1COc1cccc(O)c1C=O)=C(\C=C/C)CCO. The molecular weight excluding hydrogens is 372 g/mol. The summed E-state index contributed by atoms with van der Waals surface area (Å²) in [4.78, 5) is 30.1. The fourth-order valence-electron chi connectivity index (χ4n) is 3.45. The van der Waals surface area contributed by atoms with Gasteiger partial charge in [-0.15, -0.1) is 0 Å². The molecule has 1 fully saturated rings. The van der Waals surface area contributed by atoms with Crippen LogP contribution < -0.4 is 4.74 Å². The van der Waals surface area contributed by atoms with Gasteiger partial charge in [-0.3, -0.25) is 14.6 Å². The molecule has 0 bridgehead atoms. The van der Waals surface area contributed by atoms with Crippen molar-refractivity contribution in [3.8, 4) is 11.5 Å². The maximum Gasteiger partial charge on any atom is 0.273 e. The molecule has 2 rings (SSSR count). The summed E-state index contributed by atoms with van der Waals surface area (Å²) in [7, 11) is 0. The maximum absolute atomic E-state index is 13.2. The van der Waals surface area contributed by atoms with E-state index < -0.39 is 0 Å². The number of aromatic hydroxyl groups is 1. The van der Waals surface area contributed by atoms with Crippen LogP contribution in [-0.2, 0) is 4.79 Å². The topological polar surface area (TPSA) is 99.4 Å². The van der Waals surface area contributed by atoms with E-state index in [1.54, 1.807) is 29.2 Å². The third-order valence-corrected chi connectivity index (χ3v) is 4.89. The molecule has 1 aliphatic rings. The van der Waals surface area contributed by atoms with Gasteiger partial charge in [-0.05, 0) is 57.0 Å². The minimum absolute atomic E-state index is 0.0906. The van der Waals surface area contributed by atoms with E-state index in [2.05, 4.69) is 11.7 Å². The number of carbonyl (C=O) groups is 2. The first-order chi connectivity index (χ1) is 14.1. The molecule has 2 N–H and O–H groups in total. The monoisotopic (exact) mass is 400 g/mol. The van der Waals surface area contributed by atoms with Gasteiger partial charge in [0.1, 0.15) is 23.8 Å². The molecule has 1 aromatic rings. The number of ether oxygens (including phenoxy) is 1. The molecule has 1 aliphatic heterocycles. The number of hydrogen-bond acceptors (Lipinski definition) is 6. The molecule has 1 amide bonds. The third-order valence-electron chi connectivity index (χ3n) is 4.89. The van der Waals surface area contributed by atoms with E-state index in [9.17, 15) is 19.8 Å². The zero-order valence-electron chi connectivity index (χ0n) is 16.7. The van der Waals surface area contributed by atoms with Crippen LogP contribution in [0.5, 0.6) is 11.5 Å². The lowest BCUT2D eigenvalue weighted by molar-refractivity contribution is -0.131. The number of phenolic OH excluding ortho intramolecular Hbond substituents is 1. The zero-order chi connectivity index (χ0) is 21.2. The average molecular weight is 400 g/mol. The molecule has 7 nitrogen and oxygen atoms in total. The number of rotatable bonds is 9. The van der Waals surface area contributed by atoms with E-state index in [0.29, 0.717) is 24.8 Å². The second-order valence-corrected chi connectivity index (χ2v) is 6.77. The molecule has 1 saturated heterocycles. The molecule has 7 heteroatoms. The molecule has 0 spiro atoms. The van der Waals surface area contributed by atoms with Crippen molar-refractivity contribution in [2.24, 2.45) is 4.99 Å². The van der Waals surface area contributed by atoms with E-state index in [4.69, 9.17) is 4.74 Å². The first-order valence-electron chi connectivity index (χ1n) is 9.71. The van der Waals surface area contributed by atoms with E-state index in [-0.39, 0.29) is 47.9 Å². The van der Waals surface area contributed by atoms with Crippen LogP contribution in [0.2, 0.25) is 0 Å². The Morgan fingerprint density at radius 2 is 2.21 bits per heavy atom. The van der Waals surface area contributed by atoms with Gasteiger partial charge in [-0.1, -0.05) is 18.2 Å². The van der Waals surface area contributed by atoms with Gasteiger partial charge in [-0.2, -0.15) is 0 Å². The smallest absolute Gasteiger partial charge is 0.273 e. The highest BCUT2D eigenvalue weighted by Gasteiger charge is 2.30. The molecule has 0 radical (unpaired) electrons. The van der Waals surface area contributed by atoms with Crippen molar-refractivity contribution in [1.29, 1.82) is 0 Å². The average Bonchev–Trinajstić information content (AvgIpc) is 2.73. The van der Waals surface area contributed by atoms with Gasteiger partial charge in [0.15, 0.2) is 6.29 Å². The predicted molar refractivity (Wildman–Crippen MR) is 111 cm³/mol. The highest BCUT2D eigenvalue weighted by Crippen LogP contribution is 2.27. The van der Waals surface area contributed by atoms with E-state index in [1.165, 1.54) is 6.07 Å². The number of amides is 1. The largest absolute Gasteiger partial charge is 0.507 e. The summed E-state index contributed by atoms with van der Waals surface area (Å²) >= 11 is 0. The molecule has 1 aromatic carbocycles. The van der Waals surface area contributed by atoms with Crippen molar-refractivity contribution in [3.05, 3.63) is 47.2 Å². The van der Waals surface area contributed by atoms with E-state index >= 15 is 0 Å². The number of aliphatic hydroxyl groups is 1. The summed E-state index contributed by atoms with van der Waals surface area (Å²) < 4.78 is 5.80. The number of piperidine rings is 1. The van der Waals surface area contributed by atoms with Crippen molar-refractivity contribution < 1.29 is 24.5 Å². The van der Waals surface area contributed by atoms with Crippen LogP contribution in [0.4, 0.5) is 0 Å². The van der Waals surface area contributed by atoms with Crippen LogP contribution in [0.1, 0.15) is 43.0 Å². The zero-order valence-corrected chi connectivity index (χ0v) is 16.7. The van der Waals surface area contributed by atoms with Crippen molar-refractivity contribution >= 4 is 18.9 Å². The summed E-state index contributed by atoms with van der Waals surface area (Å²) in [5.41, 5.74) is 0.958. The van der Waals surface area contributed by atoms with Gasteiger partial charge in [0.25, 0.3) is 5.91 Å². The number of carbonyl (C=O) groups excluding carboxylic acids is 2. The van der Waals surface area contributed by atoms with Crippen molar-refractivity contribution in [1.82, 2.24) is 4.90 Å². The van der Waals surface area contributed by atoms with Crippen LogP contribution in [0, 0.1) is 0 Å². The molecular formula is C22H28N2O5. The highest BCUT2D eigenvalue weighted by atomic mass is 16.5. The normalized spacial score (nSPS) is 17.7. The minimum atomic E-state index is -0.249. The lowest BCUT2D eigenvalue weighted by Crippen LogP contribution is -2.47. The summed E-state index contributed by atoms with van der Waals surface area (Å²) in [6.45, 7) is 6.04. The Morgan fingerprint density at radius 3 is 2.86 bits per heavy atom. The van der Waals surface area contributed by atoms with Crippen LogP contribution in [-0.4, -0.2) is 59.8 Å². The second kappa shape index (κ2) is 11.2. The highest BCUT2D eigenvalue weighted by molar-refractivity contribution is 5.95. The molecule has 156 valence electrons. The third kappa shape index (κ3) is 5.54. The number of aldehydes is 1. The fraction of sp³-hybridized carbons (Fsp3) is 0.409. The van der Waals surface area contributed by atoms with Gasteiger partial charge in [0, 0.05) is 13.2 Å². The van der Waals surface area contributed by atoms with Crippen molar-refractivity contribution in [3.63, 3.8) is 0 Å². The number of aliphatic hydroxyl groups excluding tert-OH is 1. The predicted octanol–water partition coefficient (Wildman–Crippen LogP) is 2.88. The van der Waals surface area contributed by atoms with Crippen LogP contribution in [0.15, 0.2) is 46.6 Å². The van der Waals surface area contributed by atoms with Crippen molar-refractivity contribution in [2.45, 2.75) is 38.6 Å². The number of nitrogens with zero attached hydrogens (tertiary/aromatic N) is 2. The number of hydrogen-bond donors (Lipinski definition) is 2. The fourth-order valence-corrected chi connectivity index (χ4v) is 3.45. The summed E-state index contributed by atoms with van der Waals surface area (Å²) in [5.74, 6) is -0.109. The molecule has 0 aliphatic carbocycles. The standard InChI is InChI=1S/C22H28N2O5/c1-3-7-16(11-13-25)21(23-2)22(28)24-12-5-4-8-17(24)15-29-20-10-6-9-19(27)18(20)14-26/h3,6-7,9-10,14,17,25,27H,2,4-5,8,11-13,15H2,1H3/b7-3-,21-16+/t17-/m0/s1. The number of aliphatic imine (C=N–C) groups is 1. The summed E-state index contributed by atoms with van der Waals surface area (Å²) in [6, 6.07) is 4.43. The molecule has 0 unspecified atom stereocenters. The Kier molecular flexibility index (Phi) is 8.61. The van der Waals surface area contributed by atoms with Gasteiger partial charge in [0.05, 0.1) is 11.6 Å². The maximum atomic E-state index is 13.2. The Morgan fingerprint density at radius 1 is 1.41 bits per heavy atom. The van der Waals surface area contributed by atoms with Gasteiger partial charge in [-0.25, -0.2) is 0 Å². The lowest BCUT2D eigenvalue weighted by Gasteiger charge is -2.36. The first kappa shape index (κ1) is 22.4. The van der Waals surface area contributed by atoms with E-state index in [1.807, 2.05) is 6.92 Å². The lowest BCUT2D eigenvalue weighted by atomic mass is 10.0. The Labute approximate surface area is 171 Å². The number of likely N-dealkylation sites (tertiary alicyclic amines) is 1. The number of allylic oxidation sites excluding steroid dienone is 2. The molecule has 29 heavy (non-hydrogen) atoms. The Balaban J connectivity index is 2.23.